The Bertz CT molecular complexity index is 450. The lowest BCUT2D eigenvalue weighted by atomic mass is 9.95. The van der Waals surface area contributed by atoms with Crippen molar-refractivity contribution in [2.45, 2.75) is 26.8 Å². The SMILES string of the molecule is CC(C)(CO)CNCc1ccc(OC(F)(F)F)c(Br)c1. The van der Waals surface area contributed by atoms with E-state index < -0.39 is 6.36 Å². The van der Waals surface area contributed by atoms with Crippen molar-refractivity contribution in [2.24, 2.45) is 5.41 Å². The topological polar surface area (TPSA) is 41.5 Å². The zero-order valence-corrected chi connectivity index (χ0v) is 12.8. The minimum Gasteiger partial charge on any atom is -0.405 e. The molecule has 0 saturated carbocycles. The number of ether oxygens (including phenoxy) is 1. The molecule has 0 amide bonds. The van der Waals surface area contributed by atoms with Gasteiger partial charge >= 0.3 is 6.36 Å². The molecule has 0 aliphatic rings. The molecule has 0 radical (unpaired) electrons. The van der Waals surface area contributed by atoms with Gasteiger partial charge in [-0.1, -0.05) is 19.9 Å². The summed E-state index contributed by atoms with van der Waals surface area (Å²) in [4.78, 5) is 0. The van der Waals surface area contributed by atoms with E-state index in [4.69, 9.17) is 5.11 Å². The fourth-order valence-electron chi connectivity index (χ4n) is 1.46. The van der Waals surface area contributed by atoms with E-state index in [1.54, 1.807) is 12.1 Å². The van der Waals surface area contributed by atoms with Crippen LogP contribution < -0.4 is 10.1 Å². The van der Waals surface area contributed by atoms with Crippen LogP contribution in [0.4, 0.5) is 13.2 Å². The molecule has 1 aromatic carbocycles. The highest BCUT2D eigenvalue weighted by Crippen LogP contribution is 2.31. The number of alkyl halides is 3. The summed E-state index contributed by atoms with van der Waals surface area (Å²) in [6.07, 6.45) is -4.70. The third kappa shape index (κ3) is 6.11. The third-order valence-corrected chi connectivity index (χ3v) is 3.20. The van der Waals surface area contributed by atoms with E-state index in [1.807, 2.05) is 13.8 Å². The normalized spacial score (nSPS) is 12.6. The monoisotopic (exact) mass is 355 g/mol. The van der Waals surface area contributed by atoms with Gasteiger partial charge in [0.05, 0.1) is 4.47 Å². The smallest absolute Gasteiger partial charge is 0.405 e. The summed E-state index contributed by atoms with van der Waals surface area (Å²) in [7, 11) is 0. The van der Waals surface area contributed by atoms with Crippen LogP contribution in [0.2, 0.25) is 0 Å². The summed E-state index contributed by atoms with van der Waals surface area (Å²) in [5.74, 6) is -0.267. The Morgan fingerprint density at radius 1 is 1.30 bits per heavy atom. The number of hydrogen-bond donors (Lipinski definition) is 2. The van der Waals surface area contributed by atoms with Crippen LogP contribution in [0.5, 0.6) is 5.75 Å². The zero-order chi connectivity index (χ0) is 15.4. The van der Waals surface area contributed by atoms with Crippen LogP contribution in [-0.4, -0.2) is 24.6 Å². The van der Waals surface area contributed by atoms with Gasteiger partial charge in [-0.05, 0) is 33.6 Å². The van der Waals surface area contributed by atoms with Gasteiger partial charge < -0.3 is 15.2 Å². The molecule has 0 atom stereocenters. The first kappa shape index (κ1) is 17.3. The fourth-order valence-corrected chi connectivity index (χ4v) is 1.97. The molecule has 0 fully saturated rings. The van der Waals surface area contributed by atoms with Crippen molar-refractivity contribution in [1.82, 2.24) is 5.32 Å². The van der Waals surface area contributed by atoms with Gasteiger partial charge in [0.2, 0.25) is 0 Å². The van der Waals surface area contributed by atoms with Crippen molar-refractivity contribution in [2.75, 3.05) is 13.2 Å². The highest BCUT2D eigenvalue weighted by Gasteiger charge is 2.31. The lowest BCUT2D eigenvalue weighted by Crippen LogP contribution is -2.31. The van der Waals surface area contributed by atoms with Gasteiger partial charge in [-0.3, -0.25) is 0 Å². The van der Waals surface area contributed by atoms with Gasteiger partial charge in [0, 0.05) is 25.1 Å². The summed E-state index contributed by atoms with van der Waals surface area (Å²) in [6.45, 7) is 4.98. The van der Waals surface area contributed by atoms with E-state index in [9.17, 15) is 13.2 Å². The van der Waals surface area contributed by atoms with Crippen molar-refractivity contribution in [3.63, 3.8) is 0 Å². The molecule has 2 N–H and O–H groups in total. The van der Waals surface area contributed by atoms with Gasteiger partial charge in [0.15, 0.2) is 0 Å². The van der Waals surface area contributed by atoms with E-state index in [0.717, 1.165) is 5.56 Å². The predicted molar refractivity (Wildman–Crippen MR) is 73.4 cm³/mol. The Kier molecular flexibility index (Phi) is 5.85. The second-order valence-electron chi connectivity index (χ2n) is 5.24. The summed E-state index contributed by atoms with van der Waals surface area (Å²) in [5.41, 5.74) is 0.580. The molecule has 114 valence electrons. The molecule has 0 saturated heterocycles. The van der Waals surface area contributed by atoms with Crippen LogP contribution >= 0.6 is 15.9 Å². The second kappa shape index (κ2) is 6.78. The predicted octanol–water partition coefficient (Wildman–Crippen LogP) is 3.46. The largest absolute Gasteiger partial charge is 0.573 e. The number of rotatable bonds is 6. The molecular weight excluding hydrogens is 339 g/mol. The molecule has 1 rings (SSSR count). The maximum atomic E-state index is 12.1. The van der Waals surface area contributed by atoms with Gasteiger partial charge in [-0.15, -0.1) is 13.2 Å². The molecule has 0 aromatic heterocycles. The van der Waals surface area contributed by atoms with Crippen LogP contribution in [0.25, 0.3) is 0 Å². The highest BCUT2D eigenvalue weighted by atomic mass is 79.9. The second-order valence-corrected chi connectivity index (χ2v) is 6.09. The maximum absolute atomic E-state index is 12.1. The summed E-state index contributed by atoms with van der Waals surface area (Å²) in [5, 5.41) is 12.3. The van der Waals surface area contributed by atoms with Crippen LogP contribution in [-0.2, 0) is 6.54 Å². The zero-order valence-electron chi connectivity index (χ0n) is 11.2. The quantitative estimate of drug-likeness (QED) is 0.820. The Labute approximate surface area is 124 Å². The molecule has 0 aliphatic carbocycles. The Morgan fingerprint density at radius 2 is 1.95 bits per heavy atom. The Balaban J connectivity index is 2.60. The molecule has 3 nitrogen and oxygen atoms in total. The van der Waals surface area contributed by atoms with Crippen molar-refractivity contribution >= 4 is 15.9 Å². The molecule has 0 unspecified atom stereocenters. The van der Waals surface area contributed by atoms with Crippen LogP contribution in [0.3, 0.4) is 0 Å². The lowest BCUT2D eigenvalue weighted by molar-refractivity contribution is -0.274. The maximum Gasteiger partial charge on any atom is 0.573 e. The average Bonchev–Trinajstić information content (AvgIpc) is 2.31. The van der Waals surface area contributed by atoms with E-state index in [2.05, 4.69) is 26.0 Å². The van der Waals surface area contributed by atoms with Crippen LogP contribution in [0.1, 0.15) is 19.4 Å². The molecule has 0 bridgehead atoms. The van der Waals surface area contributed by atoms with Gasteiger partial charge in [0.1, 0.15) is 5.75 Å². The average molecular weight is 356 g/mol. The first-order valence-corrected chi connectivity index (χ1v) is 6.78. The van der Waals surface area contributed by atoms with E-state index >= 15 is 0 Å². The van der Waals surface area contributed by atoms with Crippen LogP contribution in [0.15, 0.2) is 22.7 Å². The van der Waals surface area contributed by atoms with Crippen molar-refractivity contribution < 1.29 is 23.0 Å². The number of hydrogen-bond acceptors (Lipinski definition) is 3. The number of aliphatic hydroxyl groups is 1. The van der Waals surface area contributed by atoms with E-state index in [0.29, 0.717) is 13.1 Å². The summed E-state index contributed by atoms with van der Waals surface area (Å²) < 4.78 is 40.5. The Hall–Kier alpha value is -0.790. The fraction of sp³-hybridized carbons (Fsp3) is 0.538. The molecule has 0 heterocycles. The highest BCUT2D eigenvalue weighted by molar-refractivity contribution is 9.10. The number of halogens is 4. The third-order valence-electron chi connectivity index (χ3n) is 2.58. The number of benzene rings is 1. The molecule has 1 aromatic rings. The van der Waals surface area contributed by atoms with Gasteiger partial charge in [-0.25, -0.2) is 0 Å². The molecule has 7 heteroatoms. The molecule has 0 aliphatic heterocycles. The number of nitrogens with one attached hydrogen (secondary N) is 1. The minimum atomic E-state index is -4.70. The van der Waals surface area contributed by atoms with Crippen molar-refractivity contribution in [3.8, 4) is 5.75 Å². The summed E-state index contributed by atoms with van der Waals surface area (Å²) >= 11 is 3.05. The van der Waals surface area contributed by atoms with Crippen LogP contribution in [0, 0.1) is 5.41 Å². The number of aliphatic hydroxyl groups excluding tert-OH is 1. The van der Waals surface area contributed by atoms with Crippen molar-refractivity contribution in [1.29, 1.82) is 0 Å². The standard InChI is InChI=1S/C13H17BrF3NO2/c1-12(2,8-19)7-18-6-9-3-4-11(10(14)5-9)20-13(15,16)17/h3-5,18-19H,6-8H2,1-2H3. The van der Waals surface area contributed by atoms with E-state index in [-0.39, 0.29) is 22.2 Å². The minimum absolute atomic E-state index is 0.0576. The first-order valence-electron chi connectivity index (χ1n) is 5.99. The molecule has 20 heavy (non-hydrogen) atoms. The van der Waals surface area contributed by atoms with Gasteiger partial charge in [-0.2, -0.15) is 0 Å². The lowest BCUT2D eigenvalue weighted by Gasteiger charge is -2.22. The molecular formula is C13H17BrF3NO2. The van der Waals surface area contributed by atoms with Gasteiger partial charge in [0.25, 0.3) is 0 Å². The van der Waals surface area contributed by atoms with E-state index in [1.165, 1.54) is 6.07 Å². The van der Waals surface area contributed by atoms with Crippen molar-refractivity contribution in [3.05, 3.63) is 28.2 Å². The Morgan fingerprint density at radius 3 is 2.45 bits per heavy atom. The summed E-state index contributed by atoms with van der Waals surface area (Å²) in [6, 6.07) is 4.40. The molecule has 0 spiro atoms. The first-order chi connectivity index (χ1) is 9.13.